The molecule has 1 unspecified atom stereocenters. The Balaban J connectivity index is 1.37. The third kappa shape index (κ3) is 7.65. The predicted octanol–water partition coefficient (Wildman–Crippen LogP) is 6.78. The van der Waals surface area contributed by atoms with Crippen LogP contribution in [0.25, 0.3) is 22.0 Å². The van der Waals surface area contributed by atoms with E-state index in [2.05, 4.69) is 32.7 Å². The normalized spacial score (nSPS) is 18.9. The molecule has 2 saturated carbocycles. The van der Waals surface area contributed by atoms with E-state index < -0.39 is 77.1 Å². The summed E-state index contributed by atoms with van der Waals surface area (Å²) in [6.07, 6.45) is -1.93. The first-order chi connectivity index (χ1) is 27.8. The number of nitrogens with two attached hydrogens (primary N) is 1. The topological polar surface area (TPSA) is 153 Å². The van der Waals surface area contributed by atoms with Gasteiger partial charge in [0.2, 0.25) is 11.8 Å². The molecule has 3 aliphatic rings. The summed E-state index contributed by atoms with van der Waals surface area (Å²) in [5.41, 5.74) is 3.17. The lowest BCUT2D eigenvalue weighted by atomic mass is 9.84. The van der Waals surface area contributed by atoms with Crippen molar-refractivity contribution in [3.63, 3.8) is 0 Å². The van der Waals surface area contributed by atoms with E-state index in [9.17, 15) is 32.3 Å². The SMILES string of the molecule is Cn1nc(NC(=O)CNC2CC2)c2c(Cl)ccc(-c3ccc(C#CC(C)(C)O)nc3[C@@H](Cc3cc(F)cc(F)c3)C(C(N)=O)n3nc(C(F)F)c4c3C(F)(F)[C@@H]3C[C@H]43)c21. The highest BCUT2D eigenvalue weighted by Gasteiger charge is 2.67. The summed E-state index contributed by atoms with van der Waals surface area (Å²) in [5, 5.41) is 25.3. The van der Waals surface area contributed by atoms with Gasteiger partial charge in [-0.3, -0.25) is 14.3 Å². The van der Waals surface area contributed by atoms with Crippen LogP contribution in [0.3, 0.4) is 0 Å². The van der Waals surface area contributed by atoms with Gasteiger partial charge in [0.25, 0.3) is 12.3 Å². The van der Waals surface area contributed by atoms with Gasteiger partial charge in [-0.05, 0) is 87.3 Å². The summed E-state index contributed by atoms with van der Waals surface area (Å²) >= 11 is 6.75. The highest BCUT2D eigenvalue weighted by molar-refractivity contribution is 6.37. The number of hydrogen-bond acceptors (Lipinski definition) is 7. The molecular formula is C41H37ClF6N8O3. The lowest BCUT2D eigenvalue weighted by molar-refractivity contribution is -0.122. The number of aryl methyl sites for hydroxylation is 1. The van der Waals surface area contributed by atoms with Crippen LogP contribution in [0.1, 0.15) is 91.3 Å². The molecular weight excluding hydrogens is 802 g/mol. The van der Waals surface area contributed by atoms with Gasteiger partial charge in [-0.25, -0.2) is 27.2 Å². The van der Waals surface area contributed by atoms with Crippen LogP contribution >= 0.6 is 11.6 Å². The highest BCUT2D eigenvalue weighted by atomic mass is 35.5. The van der Waals surface area contributed by atoms with Crippen molar-refractivity contribution in [1.82, 2.24) is 29.9 Å². The maximum Gasteiger partial charge on any atom is 0.293 e. The van der Waals surface area contributed by atoms with Crippen molar-refractivity contribution >= 4 is 40.1 Å². The lowest BCUT2D eigenvalue weighted by Gasteiger charge is -2.29. The summed E-state index contributed by atoms with van der Waals surface area (Å²) in [7, 11) is 1.59. The van der Waals surface area contributed by atoms with Crippen LogP contribution in [-0.4, -0.2) is 59.7 Å². The third-order valence-corrected chi connectivity index (χ3v) is 11.1. The molecule has 3 heterocycles. The quantitative estimate of drug-likeness (QED) is 0.0799. The molecule has 2 aromatic carbocycles. The highest BCUT2D eigenvalue weighted by Crippen LogP contribution is 2.68. The Morgan fingerprint density at radius 3 is 2.41 bits per heavy atom. The van der Waals surface area contributed by atoms with Crippen LogP contribution in [-0.2, 0) is 29.0 Å². The molecule has 0 radical (unpaired) electrons. The molecule has 59 heavy (non-hydrogen) atoms. The van der Waals surface area contributed by atoms with Crippen molar-refractivity contribution in [2.45, 2.75) is 81.4 Å². The van der Waals surface area contributed by atoms with Crippen molar-refractivity contribution in [2.75, 3.05) is 11.9 Å². The number of aliphatic hydroxyl groups is 1. The number of anilines is 1. The van der Waals surface area contributed by atoms with Gasteiger partial charge in [0.15, 0.2) is 5.82 Å². The van der Waals surface area contributed by atoms with Crippen molar-refractivity contribution in [1.29, 1.82) is 0 Å². The Bertz CT molecular complexity index is 2590. The smallest absolute Gasteiger partial charge is 0.293 e. The van der Waals surface area contributed by atoms with E-state index in [1.165, 1.54) is 30.7 Å². The average molecular weight is 839 g/mol. The number of carbonyl (C=O) groups excluding carboxylic acids is 2. The molecule has 0 bridgehead atoms. The Hall–Kier alpha value is -5.44. The van der Waals surface area contributed by atoms with Crippen LogP contribution in [0.5, 0.6) is 0 Å². The van der Waals surface area contributed by atoms with Crippen LogP contribution in [0.2, 0.25) is 5.02 Å². The maximum absolute atomic E-state index is 16.1. The molecule has 11 nitrogen and oxygen atoms in total. The number of hydrogen-bond donors (Lipinski definition) is 4. The zero-order valence-electron chi connectivity index (χ0n) is 31.8. The number of nitrogens with one attached hydrogen (secondary N) is 2. The van der Waals surface area contributed by atoms with Gasteiger partial charge in [0.05, 0.1) is 28.2 Å². The molecule has 8 rings (SSSR count). The fourth-order valence-electron chi connectivity index (χ4n) is 8.10. The second kappa shape index (κ2) is 14.7. The molecule has 308 valence electrons. The minimum Gasteiger partial charge on any atom is -0.378 e. The number of primary amides is 1. The Kier molecular flexibility index (Phi) is 10.0. The van der Waals surface area contributed by atoms with Gasteiger partial charge in [-0.1, -0.05) is 23.6 Å². The number of nitrogens with zero attached hydrogens (tertiary/aromatic N) is 5. The second-order valence-electron chi connectivity index (χ2n) is 15.8. The molecule has 3 aromatic heterocycles. The summed E-state index contributed by atoms with van der Waals surface area (Å²) in [4.78, 5) is 31.6. The molecule has 2 fully saturated rings. The molecule has 0 saturated heterocycles. The average Bonchev–Trinajstić information content (AvgIpc) is 4.06. The van der Waals surface area contributed by atoms with Crippen molar-refractivity contribution in [2.24, 2.45) is 18.7 Å². The van der Waals surface area contributed by atoms with E-state index in [1.54, 1.807) is 19.2 Å². The summed E-state index contributed by atoms with van der Waals surface area (Å²) in [5.74, 6) is -5.53. The fraction of sp³-hybridized carbons (Fsp3) is 0.390. The maximum atomic E-state index is 16.1. The van der Waals surface area contributed by atoms with Crippen LogP contribution < -0.4 is 16.4 Å². The van der Waals surface area contributed by atoms with E-state index in [1.807, 2.05) is 0 Å². The summed E-state index contributed by atoms with van der Waals surface area (Å²) < 4.78 is 93.0. The van der Waals surface area contributed by atoms with E-state index in [0.717, 1.165) is 25.0 Å². The van der Waals surface area contributed by atoms with Crippen molar-refractivity contribution in [3.05, 3.63) is 93.0 Å². The van der Waals surface area contributed by atoms with Gasteiger partial charge in [-0.15, -0.1) is 0 Å². The van der Waals surface area contributed by atoms with Gasteiger partial charge >= 0.3 is 0 Å². The van der Waals surface area contributed by atoms with Crippen molar-refractivity contribution in [3.8, 4) is 23.0 Å². The van der Waals surface area contributed by atoms with Gasteiger partial charge in [-0.2, -0.15) is 19.0 Å². The monoisotopic (exact) mass is 838 g/mol. The van der Waals surface area contributed by atoms with E-state index in [-0.39, 0.29) is 63.8 Å². The molecule has 5 aromatic rings. The Morgan fingerprint density at radius 2 is 1.76 bits per heavy atom. The van der Waals surface area contributed by atoms with Crippen LogP contribution in [0.15, 0.2) is 42.5 Å². The van der Waals surface area contributed by atoms with Crippen LogP contribution in [0, 0.1) is 29.4 Å². The first-order valence-electron chi connectivity index (χ1n) is 18.8. The molecule has 5 N–H and O–H groups in total. The van der Waals surface area contributed by atoms with Crippen molar-refractivity contribution < 1.29 is 41.0 Å². The number of rotatable bonds is 12. The number of benzene rings is 2. The van der Waals surface area contributed by atoms with Gasteiger partial charge in [0, 0.05) is 47.7 Å². The lowest BCUT2D eigenvalue weighted by Crippen LogP contribution is -2.37. The largest absolute Gasteiger partial charge is 0.378 e. The zero-order valence-corrected chi connectivity index (χ0v) is 32.5. The fourth-order valence-corrected chi connectivity index (χ4v) is 8.34. The van der Waals surface area contributed by atoms with E-state index >= 15 is 8.78 Å². The first kappa shape index (κ1) is 40.3. The number of fused-ring (bicyclic) bond motifs is 4. The number of carbonyl (C=O) groups is 2. The van der Waals surface area contributed by atoms with Gasteiger partial charge in [0.1, 0.15) is 40.4 Å². The number of halogens is 7. The minimum absolute atomic E-state index is 0.0152. The number of alkyl halides is 4. The third-order valence-electron chi connectivity index (χ3n) is 10.8. The molecule has 4 atom stereocenters. The molecule has 0 aliphatic heterocycles. The molecule has 2 amide bonds. The minimum atomic E-state index is -3.67. The van der Waals surface area contributed by atoms with Crippen LogP contribution in [0.4, 0.5) is 32.2 Å². The van der Waals surface area contributed by atoms with E-state index in [0.29, 0.717) is 27.2 Å². The Labute approximate surface area is 338 Å². The molecule has 18 heteroatoms. The standard InChI is InChI=1S/C41H37ClF6N8O3/c1-40(2,59)11-10-22-6-7-23(24-8-9-28(42)31-34(24)55(3)54-39(31)52-29(57)17-50-21-4-5-21)32(51-22)26(14-18-12-19(43)15-20(44)13-18)35(38(49)58)56-36-30(33(53-56)37(45)46)25-16-27(25)41(36,47)48/h6-9,12-13,15,21,25-27,35,37,50,59H,4-5,14,16-17H2,1-3H3,(H2,49,58)(H,52,54,57)/t25-,26+,27+,35?/m0/s1. The van der Waals surface area contributed by atoms with E-state index in [4.69, 9.17) is 22.3 Å². The summed E-state index contributed by atoms with van der Waals surface area (Å²) in [6.45, 7) is 2.87. The molecule has 0 spiro atoms. The first-order valence-corrected chi connectivity index (χ1v) is 19.2. The number of amides is 2. The predicted molar refractivity (Wildman–Crippen MR) is 205 cm³/mol. The summed E-state index contributed by atoms with van der Waals surface area (Å²) in [6, 6.07) is 6.98. The number of pyridine rings is 1. The number of aromatic nitrogens is 5. The molecule has 3 aliphatic carbocycles. The zero-order chi connectivity index (χ0) is 42.3. The Morgan fingerprint density at radius 1 is 1.07 bits per heavy atom. The second-order valence-corrected chi connectivity index (χ2v) is 16.2. The van der Waals surface area contributed by atoms with Gasteiger partial charge < -0.3 is 21.5 Å².